The van der Waals surface area contributed by atoms with E-state index in [1.165, 1.54) is 0 Å². The maximum atomic E-state index is 9.67. The normalized spacial score (nSPS) is 11.9. The molecular weight excluding hydrogens is 198 g/mol. The van der Waals surface area contributed by atoms with Gasteiger partial charge in [-0.15, -0.1) is 11.3 Å². The maximum Gasteiger partial charge on any atom is 0.191 e. The van der Waals surface area contributed by atoms with E-state index in [1.807, 2.05) is 17.5 Å². The molecule has 0 radical (unpaired) electrons. The lowest BCUT2D eigenvalue weighted by Gasteiger charge is -2.11. The minimum absolute atomic E-state index is 0.487. The molecule has 5 heteroatoms. The maximum absolute atomic E-state index is 9.67. The SMILES string of the molecule is CC(C)(O)c1nc(-c2cccs2)n[nH]1. The molecule has 0 saturated carbocycles. The monoisotopic (exact) mass is 209 g/mol. The van der Waals surface area contributed by atoms with Crippen molar-refractivity contribution in [1.82, 2.24) is 15.2 Å². The molecule has 0 unspecified atom stereocenters. The van der Waals surface area contributed by atoms with Gasteiger partial charge in [-0.3, -0.25) is 5.10 Å². The van der Waals surface area contributed by atoms with Crippen LogP contribution in [0.15, 0.2) is 17.5 Å². The van der Waals surface area contributed by atoms with Crippen molar-refractivity contribution >= 4 is 11.3 Å². The Morgan fingerprint density at radius 2 is 2.29 bits per heavy atom. The minimum Gasteiger partial charge on any atom is -0.382 e. The summed E-state index contributed by atoms with van der Waals surface area (Å²) in [5.74, 6) is 1.12. The molecule has 0 spiro atoms. The van der Waals surface area contributed by atoms with Crippen molar-refractivity contribution < 1.29 is 5.11 Å². The Morgan fingerprint density at radius 1 is 1.50 bits per heavy atom. The van der Waals surface area contributed by atoms with Crippen molar-refractivity contribution in [2.45, 2.75) is 19.4 Å². The van der Waals surface area contributed by atoms with Gasteiger partial charge in [-0.25, -0.2) is 4.98 Å². The molecule has 0 aliphatic heterocycles. The average Bonchev–Trinajstić information content (AvgIpc) is 2.73. The quantitative estimate of drug-likeness (QED) is 0.792. The molecule has 2 aromatic heterocycles. The zero-order valence-corrected chi connectivity index (χ0v) is 8.80. The molecule has 0 atom stereocenters. The highest BCUT2D eigenvalue weighted by Crippen LogP contribution is 2.23. The Balaban J connectivity index is 2.36. The zero-order chi connectivity index (χ0) is 10.2. The van der Waals surface area contributed by atoms with Gasteiger partial charge in [0.05, 0.1) is 4.88 Å². The average molecular weight is 209 g/mol. The lowest BCUT2D eigenvalue weighted by Crippen LogP contribution is -2.17. The fraction of sp³-hybridized carbons (Fsp3) is 0.333. The standard InChI is InChI=1S/C9H11N3OS/c1-9(2,13)8-10-7(11-12-8)6-4-3-5-14-6/h3-5,13H,1-2H3,(H,10,11,12). The number of hydrogen-bond donors (Lipinski definition) is 2. The Hall–Kier alpha value is -1.20. The largest absolute Gasteiger partial charge is 0.382 e. The van der Waals surface area contributed by atoms with E-state index in [9.17, 15) is 5.11 Å². The van der Waals surface area contributed by atoms with Crippen LogP contribution in [0.4, 0.5) is 0 Å². The molecule has 2 N–H and O–H groups in total. The van der Waals surface area contributed by atoms with E-state index in [1.54, 1.807) is 25.2 Å². The smallest absolute Gasteiger partial charge is 0.191 e. The summed E-state index contributed by atoms with van der Waals surface area (Å²) in [5, 5.41) is 18.4. The molecule has 0 aliphatic carbocycles. The van der Waals surface area contributed by atoms with Crippen molar-refractivity contribution in [1.29, 1.82) is 0 Å². The molecule has 74 valence electrons. The van der Waals surface area contributed by atoms with E-state index in [2.05, 4.69) is 15.2 Å². The van der Waals surface area contributed by atoms with Gasteiger partial charge in [-0.05, 0) is 25.3 Å². The molecule has 0 bridgehead atoms. The zero-order valence-electron chi connectivity index (χ0n) is 7.98. The number of aromatic nitrogens is 3. The lowest BCUT2D eigenvalue weighted by molar-refractivity contribution is 0.0692. The first kappa shape index (κ1) is 9.36. The number of nitrogens with one attached hydrogen (secondary N) is 1. The van der Waals surface area contributed by atoms with Crippen LogP contribution in [0.1, 0.15) is 19.7 Å². The molecule has 14 heavy (non-hydrogen) atoms. The predicted molar refractivity (Wildman–Crippen MR) is 54.9 cm³/mol. The first-order valence-electron chi connectivity index (χ1n) is 4.26. The van der Waals surface area contributed by atoms with Crippen LogP contribution in [0, 0.1) is 0 Å². The Morgan fingerprint density at radius 3 is 2.79 bits per heavy atom. The van der Waals surface area contributed by atoms with Crippen molar-refractivity contribution in [3.8, 4) is 10.7 Å². The summed E-state index contributed by atoms with van der Waals surface area (Å²) in [7, 11) is 0. The number of nitrogens with zero attached hydrogens (tertiary/aromatic N) is 2. The highest BCUT2D eigenvalue weighted by Gasteiger charge is 2.21. The number of aliphatic hydroxyl groups is 1. The molecule has 2 heterocycles. The van der Waals surface area contributed by atoms with Gasteiger partial charge in [-0.2, -0.15) is 5.10 Å². The van der Waals surface area contributed by atoms with Gasteiger partial charge in [0.2, 0.25) is 0 Å². The van der Waals surface area contributed by atoms with E-state index < -0.39 is 5.60 Å². The Labute approximate surface area is 85.6 Å². The van der Waals surface area contributed by atoms with Crippen molar-refractivity contribution in [2.75, 3.05) is 0 Å². The van der Waals surface area contributed by atoms with Crippen LogP contribution in [-0.2, 0) is 5.60 Å². The summed E-state index contributed by atoms with van der Waals surface area (Å²) in [6.07, 6.45) is 0. The molecule has 0 aromatic carbocycles. The van der Waals surface area contributed by atoms with Gasteiger partial charge < -0.3 is 5.11 Å². The third-order valence-electron chi connectivity index (χ3n) is 1.81. The van der Waals surface area contributed by atoms with Crippen LogP contribution in [0.2, 0.25) is 0 Å². The van der Waals surface area contributed by atoms with Crippen molar-refractivity contribution in [3.63, 3.8) is 0 Å². The van der Waals surface area contributed by atoms with E-state index in [4.69, 9.17) is 0 Å². The Kier molecular flexibility index (Phi) is 2.13. The predicted octanol–water partition coefficient (Wildman–Crippen LogP) is 1.76. The summed E-state index contributed by atoms with van der Waals surface area (Å²) in [4.78, 5) is 5.21. The molecule has 0 aliphatic rings. The van der Waals surface area contributed by atoms with Gasteiger partial charge in [-0.1, -0.05) is 6.07 Å². The van der Waals surface area contributed by atoms with Gasteiger partial charge >= 0.3 is 0 Å². The number of H-pyrrole nitrogens is 1. The van der Waals surface area contributed by atoms with Crippen LogP contribution < -0.4 is 0 Å². The topological polar surface area (TPSA) is 61.8 Å². The first-order chi connectivity index (χ1) is 6.57. The second-order valence-corrected chi connectivity index (χ2v) is 4.49. The number of aromatic amines is 1. The lowest BCUT2D eigenvalue weighted by atomic mass is 10.1. The molecule has 4 nitrogen and oxygen atoms in total. The van der Waals surface area contributed by atoms with Crippen molar-refractivity contribution in [2.24, 2.45) is 0 Å². The summed E-state index contributed by atoms with van der Waals surface area (Å²) in [5.41, 5.74) is -0.970. The van der Waals surface area contributed by atoms with E-state index in [-0.39, 0.29) is 0 Å². The second-order valence-electron chi connectivity index (χ2n) is 3.54. The molecular formula is C9H11N3OS. The molecule has 0 saturated heterocycles. The van der Waals surface area contributed by atoms with Gasteiger partial charge in [0.15, 0.2) is 11.6 Å². The molecule has 0 amide bonds. The third kappa shape index (κ3) is 1.69. The highest BCUT2D eigenvalue weighted by molar-refractivity contribution is 7.13. The van der Waals surface area contributed by atoms with Crippen LogP contribution in [0.3, 0.4) is 0 Å². The number of thiophene rings is 1. The van der Waals surface area contributed by atoms with Crippen LogP contribution in [-0.4, -0.2) is 20.3 Å². The van der Waals surface area contributed by atoms with Gasteiger partial charge in [0.1, 0.15) is 5.60 Å². The summed E-state index contributed by atoms with van der Waals surface area (Å²) in [6.45, 7) is 3.34. The summed E-state index contributed by atoms with van der Waals surface area (Å²) >= 11 is 1.57. The first-order valence-corrected chi connectivity index (χ1v) is 5.14. The van der Waals surface area contributed by atoms with Crippen LogP contribution in [0.25, 0.3) is 10.7 Å². The minimum atomic E-state index is -0.970. The summed E-state index contributed by atoms with van der Waals surface area (Å²) in [6, 6.07) is 3.89. The number of hydrogen-bond acceptors (Lipinski definition) is 4. The van der Waals surface area contributed by atoms with Crippen LogP contribution in [0.5, 0.6) is 0 Å². The van der Waals surface area contributed by atoms with E-state index in [0.717, 1.165) is 4.88 Å². The van der Waals surface area contributed by atoms with Crippen molar-refractivity contribution in [3.05, 3.63) is 23.3 Å². The third-order valence-corrected chi connectivity index (χ3v) is 2.67. The fourth-order valence-electron chi connectivity index (χ4n) is 1.05. The van der Waals surface area contributed by atoms with Gasteiger partial charge in [0, 0.05) is 0 Å². The second kappa shape index (κ2) is 3.18. The molecule has 2 rings (SSSR count). The number of rotatable bonds is 2. The van der Waals surface area contributed by atoms with Crippen LogP contribution >= 0.6 is 11.3 Å². The van der Waals surface area contributed by atoms with Gasteiger partial charge in [0.25, 0.3) is 0 Å². The summed E-state index contributed by atoms with van der Waals surface area (Å²) < 4.78 is 0. The molecule has 0 fully saturated rings. The Bertz CT molecular complexity index is 413. The van der Waals surface area contributed by atoms with E-state index in [0.29, 0.717) is 11.6 Å². The molecule has 2 aromatic rings. The fourth-order valence-corrected chi connectivity index (χ4v) is 1.71. The van der Waals surface area contributed by atoms with E-state index >= 15 is 0 Å². The highest BCUT2D eigenvalue weighted by atomic mass is 32.1.